The molecule has 2 N–H and O–H groups in total. The minimum absolute atomic E-state index is 0.120. The van der Waals surface area contributed by atoms with Gasteiger partial charge in [0.2, 0.25) is 5.91 Å². The highest BCUT2D eigenvalue weighted by Gasteiger charge is 2.23. The van der Waals surface area contributed by atoms with Crippen LogP contribution in [0.3, 0.4) is 0 Å². The minimum Gasteiger partial charge on any atom is -0.352 e. The summed E-state index contributed by atoms with van der Waals surface area (Å²) in [6, 6.07) is 9.77. The Kier molecular flexibility index (Phi) is 3.19. The van der Waals surface area contributed by atoms with Crippen molar-refractivity contribution in [1.82, 2.24) is 15.2 Å². The van der Waals surface area contributed by atoms with E-state index in [4.69, 9.17) is 0 Å². The largest absolute Gasteiger partial charge is 0.352 e. The van der Waals surface area contributed by atoms with Gasteiger partial charge in [-0.3, -0.25) is 4.79 Å². The molecule has 2 aromatic rings. The van der Waals surface area contributed by atoms with E-state index in [0.29, 0.717) is 12.6 Å². The van der Waals surface area contributed by atoms with Gasteiger partial charge in [-0.15, -0.1) is 0 Å². The predicted octanol–water partition coefficient (Wildman–Crippen LogP) is 2.17. The molecule has 4 heteroatoms. The van der Waals surface area contributed by atoms with Gasteiger partial charge in [-0.25, -0.2) is 0 Å². The third kappa shape index (κ3) is 3.10. The second-order valence-corrected chi connectivity index (χ2v) is 6.33. The van der Waals surface area contributed by atoms with E-state index in [1.165, 1.54) is 23.8 Å². The molecule has 2 aliphatic carbocycles. The second-order valence-electron chi connectivity index (χ2n) is 6.33. The molecule has 4 nitrogen and oxygen atoms in total. The summed E-state index contributed by atoms with van der Waals surface area (Å²) < 4.78 is 2.03. The molecule has 2 saturated carbocycles. The lowest BCUT2D eigenvalue weighted by Gasteiger charge is -2.07. The highest BCUT2D eigenvalue weighted by Crippen LogP contribution is 2.22. The lowest BCUT2D eigenvalue weighted by molar-refractivity contribution is -0.121. The monoisotopic (exact) mass is 283 g/mol. The minimum atomic E-state index is 0.120. The number of hydrogen-bond donors (Lipinski definition) is 2. The van der Waals surface area contributed by atoms with Crippen molar-refractivity contribution in [3.05, 3.63) is 36.0 Å². The van der Waals surface area contributed by atoms with Gasteiger partial charge >= 0.3 is 0 Å². The van der Waals surface area contributed by atoms with Crippen LogP contribution in [0.2, 0.25) is 0 Å². The smallest absolute Gasteiger partial charge is 0.240 e. The van der Waals surface area contributed by atoms with Crippen molar-refractivity contribution in [2.45, 2.75) is 50.9 Å². The Morgan fingerprint density at radius 2 is 1.95 bits per heavy atom. The van der Waals surface area contributed by atoms with E-state index in [0.717, 1.165) is 30.9 Å². The highest BCUT2D eigenvalue weighted by molar-refractivity contribution is 5.84. The average molecular weight is 283 g/mol. The van der Waals surface area contributed by atoms with Gasteiger partial charge in [0.05, 0.1) is 0 Å². The fourth-order valence-corrected chi connectivity index (χ4v) is 2.70. The summed E-state index contributed by atoms with van der Waals surface area (Å²) >= 11 is 0. The summed E-state index contributed by atoms with van der Waals surface area (Å²) in [7, 11) is 0. The van der Waals surface area contributed by atoms with Crippen molar-refractivity contribution >= 4 is 16.8 Å². The van der Waals surface area contributed by atoms with Gasteiger partial charge in [0, 0.05) is 30.3 Å². The van der Waals surface area contributed by atoms with Gasteiger partial charge in [-0.2, -0.15) is 0 Å². The summed E-state index contributed by atoms with van der Waals surface area (Å²) in [5.41, 5.74) is 2.45. The summed E-state index contributed by atoms with van der Waals surface area (Å²) in [6.45, 7) is 1.35. The van der Waals surface area contributed by atoms with Crippen LogP contribution in [0, 0.1) is 0 Å². The maximum Gasteiger partial charge on any atom is 0.240 e. The van der Waals surface area contributed by atoms with Gasteiger partial charge in [0.1, 0.15) is 6.54 Å². The molecule has 2 aliphatic rings. The van der Waals surface area contributed by atoms with Crippen LogP contribution in [-0.2, 0) is 17.9 Å². The van der Waals surface area contributed by atoms with Gasteiger partial charge < -0.3 is 15.2 Å². The molecule has 1 aromatic heterocycles. The number of nitrogens with zero attached hydrogens (tertiary/aromatic N) is 1. The van der Waals surface area contributed by atoms with Crippen molar-refractivity contribution in [2.75, 3.05) is 0 Å². The third-order valence-electron chi connectivity index (χ3n) is 4.26. The zero-order valence-corrected chi connectivity index (χ0v) is 12.1. The molecule has 4 rings (SSSR count). The number of amides is 1. The molecule has 21 heavy (non-hydrogen) atoms. The van der Waals surface area contributed by atoms with Crippen molar-refractivity contribution in [1.29, 1.82) is 0 Å². The first kappa shape index (κ1) is 12.9. The SMILES string of the molecule is O=C(Cn1ccc2cc(CNC3CC3)ccc21)NC1CC1. The quantitative estimate of drug-likeness (QED) is 0.853. The molecule has 1 aromatic carbocycles. The summed E-state index contributed by atoms with van der Waals surface area (Å²) in [6.07, 6.45) is 6.91. The van der Waals surface area contributed by atoms with Crippen LogP contribution in [0.1, 0.15) is 31.2 Å². The van der Waals surface area contributed by atoms with Crippen molar-refractivity contribution < 1.29 is 4.79 Å². The van der Waals surface area contributed by atoms with E-state index >= 15 is 0 Å². The maximum atomic E-state index is 11.9. The topological polar surface area (TPSA) is 46.1 Å². The number of nitrogens with one attached hydrogen (secondary N) is 2. The molecular formula is C17H21N3O. The molecule has 0 radical (unpaired) electrons. The molecule has 1 heterocycles. The number of fused-ring (bicyclic) bond motifs is 1. The van der Waals surface area contributed by atoms with Crippen LogP contribution in [0.25, 0.3) is 10.9 Å². The molecule has 0 unspecified atom stereocenters. The van der Waals surface area contributed by atoms with Gasteiger partial charge in [-0.05, 0) is 54.8 Å². The molecule has 1 amide bonds. The normalized spacial score (nSPS) is 18.1. The van der Waals surface area contributed by atoms with Gasteiger partial charge in [-0.1, -0.05) is 6.07 Å². The van der Waals surface area contributed by atoms with E-state index in [-0.39, 0.29) is 5.91 Å². The number of carbonyl (C=O) groups excluding carboxylic acids is 1. The van der Waals surface area contributed by atoms with E-state index in [2.05, 4.69) is 34.9 Å². The first-order valence-electron chi connectivity index (χ1n) is 7.88. The lowest BCUT2D eigenvalue weighted by Crippen LogP contribution is -2.28. The molecule has 0 spiro atoms. The Bertz CT molecular complexity index is 668. The standard InChI is InChI=1S/C17H21N3O/c21-17(19-15-4-5-15)11-20-8-7-13-9-12(1-6-16(13)20)10-18-14-2-3-14/h1,6-9,14-15,18H,2-5,10-11H2,(H,19,21). The van der Waals surface area contributed by atoms with Crippen molar-refractivity contribution in [3.8, 4) is 0 Å². The molecule has 0 aliphatic heterocycles. The zero-order valence-electron chi connectivity index (χ0n) is 12.1. The molecule has 2 fully saturated rings. The Morgan fingerprint density at radius 3 is 2.71 bits per heavy atom. The third-order valence-corrected chi connectivity index (χ3v) is 4.26. The van der Waals surface area contributed by atoms with E-state index in [9.17, 15) is 4.79 Å². The van der Waals surface area contributed by atoms with E-state index in [1.54, 1.807) is 0 Å². The van der Waals surface area contributed by atoms with Crippen molar-refractivity contribution in [2.24, 2.45) is 0 Å². The zero-order chi connectivity index (χ0) is 14.2. The Balaban J connectivity index is 1.46. The van der Waals surface area contributed by atoms with Crippen LogP contribution in [-0.4, -0.2) is 22.6 Å². The Hall–Kier alpha value is -1.81. The van der Waals surface area contributed by atoms with Crippen LogP contribution >= 0.6 is 0 Å². The summed E-state index contributed by atoms with van der Waals surface area (Å²) in [5.74, 6) is 0.120. The second kappa shape index (κ2) is 5.19. The average Bonchev–Trinajstić information content (AvgIpc) is 3.38. The van der Waals surface area contributed by atoms with Crippen LogP contribution in [0.5, 0.6) is 0 Å². The van der Waals surface area contributed by atoms with Crippen LogP contribution in [0.15, 0.2) is 30.5 Å². The number of hydrogen-bond acceptors (Lipinski definition) is 2. The first-order valence-corrected chi connectivity index (χ1v) is 7.88. The van der Waals surface area contributed by atoms with Gasteiger partial charge in [0.25, 0.3) is 0 Å². The maximum absolute atomic E-state index is 11.9. The number of benzene rings is 1. The Labute approximate surface area is 124 Å². The number of carbonyl (C=O) groups is 1. The van der Waals surface area contributed by atoms with E-state index in [1.807, 2.05) is 10.8 Å². The first-order chi connectivity index (χ1) is 10.3. The molecule has 0 bridgehead atoms. The van der Waals surface area contributed by atoms with E-state index < -0.39 is 0 Å². The van der Waals surface area contributed by atoms with Crippen LogP contribution in [0.4, 0.5) is 0 Å². The van der Waals surface area contributed by atoms with Crippen molar-refractivity contribution in [3.63, 3.8) is 0 Å². The highest BCUT2D eigenvalue weighted by atomic mass is 16.2. The fraction of sp³-hybridized carbons (Fsp3) is 0.471. The molecule has 0 saturated heterocycles. The number of aromatic nitrogens is 1. The van der Waals surface area contributed by atoms with Crippen LogP contribution < -0.4 is 10.6 Å². The fourth-order valence-electron chi connectivity index (χ4n) is 2.70. The van der Waals surface area contributed by atoms with Gasteiger partial charge in [0.15, 0.2) is 0 Å². The lowest BCUT2D eigenvalue weighted by atomic mass is 10.1. The summed E-state index contributed by atoms with van der Waals surface area (Å²) in [5, 5.41) is 7.78. The number of rotatable bonds is 6. The Morgan fingerprint density at radius 1 is 1.14 bits per heavy atom. The molecule has 110 valence electrons. The molecular weight excluding hydrogens is 262 g/mol. The predicted molar refractivity (Wildman–Crippen MR) is 83.0 cm³/mol. The summed E-state index contributed by atoms with van der Waals surface area (Å²) in [4.78, 5) is 11.9. The molecule has 0 atom stereocenters.